The summed E-state index contributed by atoms with van der Waals surface area (Å²) >= 11 is 6.06. The number of benzene rings is 2. The molecule has 0 radical (unpaired) electrons. The van der Waals surface area contributed by atoms with Crippen LogP contribution in [0.1, 0.15) is 17.2 Å². The van der Waals surface area contributed by atoms with Crippen LogP contribution in [0.4, 0.5) is 0 Å². The Morgan fingerprint density at radius 3 is 2.70 bits per heavy atom. The maximum absolute atomic E-state index is 12.7. The summed E-state index contributed by atoms with van der Waals surface area (Å²) in [7, 11) is 1.63. The minimum Gasteiger partial charge on any atom is -0.495 e. The van der Waals surface area contributed by atoms with Gasteiger partial charge in [0.1, 0.15) is 11.5 Å². The number of ether oxygens (including phenoxy) is 2. The second-order valence-electron chi connectivity index (χ2n) is 6.59. The number of rotatable bonds is 7. The molecule has 0 amide bonds. The summed E-state index contributed by atoms with van der Waals surface area (Å²) in [6.07, 6.45) is 0.874. The summed E-state index contributed by atoms with van der Waals surface area (Å²) in [5.41, 5.74) is 2.20. The van der Waals surface area contributed by atoms with Crippen molar-refractivity contribution in [3.05, 3.63) is 52.5 Å². The molecule has 1 aliphatic rings. The third-order valence-corrected chi connectivity index (χ3v) is 6.34. The zero-order valence-corrected chi connectivity index (χ0v) is 17.1. The molecule has 1 heterocycles. The Morgan fingerprint density at radius 2 is 2.04 bits per heavy atom. The first-order chi connectivity index (χ1) is 12.8. The van der Waals surface area contributed by atoms with Crippen LogP contribution in [0.25, 0.3) is 0 Å². The Kier molecular flexibility index (Phi) is 5.95. The van der Waals surface area contributed by atoms with Crippen molar-refractivity contribution < 1.29 is 17.9 Å². The third kappa shape index (κ3) is 4.38. The molecular formula is C19H23ClN2O4S. The molecule has 146 valence electrons. The van der Waals surface area contributed by atoms with E-state index in [9.17, 15) is 8.42 Å². The van der Waals surface area contributed by atoms with E-state index in [4.69, 9.17) is 21.1 Å². The molecule has 1 unspecified atom stereocenters. The fourth-order valence-electron chi connectivity index (χ4n) is 3.10. The average molecular weight is 411 g/mol. The number of hydrogen-bond acceptors (Lipinski definition) is 5. The van der Waals surface area contributed by atoms with E-state index in [0.29, 0.717) is 12.4 Å². The van der Waals surface area contributed by atoms with Crippen molar-refractivity contribution in [2.75, 3.05) is 34.4 Å². The van der Waals surface area contributed by atoms with E-state index in [2.05, 4.69) is 10.8 Å². The summed E-state index contributed by atoms with van der Waals surface area (Å²) in [5.74, 6) is 1.34. The number of hydrogen-bond donors (Lipinski definition) is 1. The first kappa shape index (κ1) is 19.9. The highest BCUT2D eigenvalue weighted by Gasteiger charge is 2.22. The van der Waals surface area contributed by atoms with E-state index >= 15 is 0 Å². The fraction of sp³-hybridized carbons (Fsp3) is 0.368. The molecule has 2 aromatic carbocycles. The van der Waals surface area contributed by atoms with E-state index in [1.54, 1.807) is 6.07 Å². The van der Waals surface area contributed by atoms with Crippen molar-refractivity contribution in [3.63, 3.8) is 0 Å². The smallest absolute Gasteiger partial charge is 0.240 e. The summed E-state index contributed by atoms with van der Waals surface area (Å²) in [5, 5.41) is 0.253. The zero-order chi connectivity index (χ0) is 19.6. The average Bonchev–Trinajstić information content (AvgIpc) is 3.09. The van der Waals surface area contributed by atoms with Gasteiger partial charge in [-0.3, -0.25) is 0 Å². The first-order valence-corrected chi connectivity index (χ1v) is 10.4. The molecule has 1 aliphatic heterocycles. The van der Waals surface area contributed by atoms with E-state index < -0.39 is 10.0 Å². The SMILES string of the molecule is COc1ccc(S(=O)(=O)NCC(c2ccc3c(c2)CCO3)N(C)C)cc1Cl. The molecule has 0 aromatic heterocycles. The number of fused-ring (bicyclic) bond motifs is 1. The normalized spacial score (nSPS) is 14.7. The van der Waals surface area contributed by atoms with Gasteiger partial charge in [-0.15, -0.1) is 0 Å². The van der Waals surface area contributed by atoms with Gasteiger partial charge in [0, 0.05) is 19.0 Å². The van der Waals surface area contributed by atoms with Gasteiger partial charge in [-0.05, 0) is 49.5 Å². The van der Waals surface area contributed by atoms with Crippen LogP contribution in [0.15, 0.2) is 41.3 Å². The van der Waals surface area contributed by atoms with Gasteiger partial charge in [0.15, 0.2) is 0 Å². The Morgan fingerprint density at radius 1 is 1.26 bits per heavy atom. The van der Waals surface area contributed by atoms with E-state index in [1.807, 2.05) is 31.1 Å². The Hall–Kier alpha value is -1.80. The van der Waals surface area contributed by atoms with Crippen LogP contribution in [0.2, 0.25) is 5.02 Å². The predicted octanol–water partition coefficient (Wildman–Crippen LogP) is 2.86. The van der Waals surface area contributed by atoms with E-state index in [0.717, 1.165) is 23.3 Å². The van der Waals surface area contributed by atoms with Gasteiger partial charge in [0.25, 0.3) is 0 Å². The number of nitrogens with zero attached hydrogens (tertiary/aromatic N) is 1. The van der Waals surface area contributed by atoms with E-state index in [1.165, 1.54) is 19.2 Å². The van der Waals surface area contributed by atoms with Crippen LogP contribution >= 0.6 is 11.6 Å². The number of likely N-dealkylation sites (N-methyl/N-ethyl adjacent to an activating group) is 1. The molecule has 1 atom stereocenters. The summed E-state index contributed by atoms with van der Waals surface area (Å²) in [6.45, 7) is 0.925. The lowest BCUT2D eigenvalue weighted by atomic mass is 10.0. The van der Waals surface area contributed by atoms with Gasteiger partial charge in [-0.2, -0.15) is 0 Å². The lowest BCUT2D eigenvalue weighted by Crippen LogP contribution is -2.34. The zero-order valence-electron chi connectivity index (χ0n) is 15.5. The second-order valence-corrected chi connectivity index (χ2v) is 8.77. The first-order valence-electron chi connectivity index (χ1n) is 8.57. The van der Waals surface area contributed by atoms with Crippen LogP contribution in [0.3, 0.4) is 0 Å². The maximum atomic E-state index is 12.7. The molecular weight excluding hydrogens is 388 g/mol. The molecule has 0 saturated heterocycles. The molecule has 0 spiro atoms. The highest BCUT2D eigenvalue weighted by atomic mass is 35.5. The molecule has 0 saturated carbocycles. The molecule has 2 aromatic rings. The summed E-state index contributed by atoms with van der Waals surface area (Å²) in [6, 6.07) is 10.3. The minimum atomic E-state index is -3.70. The number of nitrogens with one attached hydrogen (secondary N) is 1. The Labute approximate surface area is 165 Å². The van der Waals surface area contributed by atoms with Gasteiger partial charge in [0.05, 0.1) is 23.6 Å². The lowest BCUT2D eigenvalue weighted by molar-refractivity contribution is 0.299. The van der Waals surface area contributed by atoms with Crippen LogP contribution in [-0.4, -0.2) is 47.7 Å². The number of sulfonamides is 1. The molecule has 3 rings (SSSR count). The standard InChI is InChI=1S/C19H23ClN2O4S/c1-22(2)17(13-4-6-18-14(10-13)8-9-26-18)12-21-27(23,24)15-5-7-19(25-3)16(20)11-15/h4-7,10-11,17,21H,8-9,12H2,1-3H3. The second kappa shape index (κ2) is 8.06. The van der Waals surface area contributed by atoms with Gasteiger partial charge in [-0.1, -0.05) is 23.7 Å². The largest absolute Gasteiger partial charge is 0.495 e. The van der Waals surface area contributed by atoms with Gasteiger partial charge < -0.3 is 14.4 Å². The van der Waals surface area contributed by atoms with Crippen molar-refractivity contribution in [2.45, 2.75) is 17.4 Å². The van der Waals surface area contributed by atoms with E-state index in [-0.39, 0.29) is 22.5 Å². The Bertz CT molecular complexity index is 931. The van der Waals surface area contributed by atoms with Crippen molar-refractivity contribution >= 4 is 21.6 Å². The van der Waals surface area contributed by atoms with Crippen LogP contribution < -0.4 is 14.2 Å². The number of halogens is 1. The van der Waals surface area contributed by atoms with Gasteiger partial charge in [-0.25, -0.2) is 13.1 Å². The van der Waals surface area contributed by atoms with Crippen molar-refractivity contribution in [3.8, 4) is 11.5 Å². The minimum absolute atomic E-state index is 0.105. The molecule has 0 bridgehead atoms. The molecule has 6 nitrogen and oxygen atoms in total. The van der Waals surface area contributed by atoms with Crippen LogP contribution in [-0.2, 0) is 16.4 Å². The highest BCUT2D eigenvalue weighted by molar-refractivity contribution is 7.89. The van der Waals surface area contributed by atoms with Crippen molar-refractivity contribution in [1.29, 1.82) is 0 Å². The summed E-state index contributed by atoms with van der Waals surface area (Å²) < 4.78 is 38.7. The van der Waals surface area contributed by atoms with Crippen molar-refractivity contribution in [2.24, 2.45) is 0 Å². The Balaban J connectivity index is 1.78. The molecule has 0 aliphatic carbocycles. The third-order valence-electron chi connectivity index (χ3n) is 4.62. The predicted molar refractivity (Wildman–Crippen MR) is 105 cm³/mol. The highest BCUT2D eigenvalue weighted by Crippen LogP contribution is 2.30. The quantitative estimate of drug-likeness (QED) is 0.760. The van der Waals surface area contributed by atoms with Gasteiger partial charge >= 0.3 is 0 Å². The molecule has 0 fully saturated rings. The monoisotopic (exact) mass is 410 g/mol. The molecule has 27 heavy (non-hydrogen) atoms. The number of methoxy groups -OCH3 is 1. The maximum Gasteiger partial charge on any atom is 0.240 e. The van der Waals surface area contributed by atoms with Gasteiger partial charge in [0.2, 0.25) is 10.0 Å². The molecule has 1 N–H and O–H groups in total. The van der Waals surface area contributed by atoms with Crippen LogP contribution in [0.5, 0.6) is 11.5 Å². The lowest BCUT2D eigenvalue weighted by Gasteiger charge is -2.25. The van der Waals surface area contributed by atoms with Crippen molar-refractivity contribution in [1.82, 2.24) is 9.62 Å². The fourth-order valence-corrected chi connectivity index (χ4v) is 4.49. The summed E-state index contributed by atoms with van der Waals surface area (Å²) in [4.78, 5) is 2.09. The molecule has 8 heteroatoms. The van der Waals surface area contributed by atoms with Crippen LogP contribution in [0, 0.1) is 0 Å². The topological polar surface area (TPSA) is 67.9 Å².